The summed E-state index contributed by atoms with van der Waals surface area (Å²) in [5, 5.41) is 0. The number of hydrogen-bond donors (Lipinski definition) is 1. The topological polar surface area (TPSA) is 84.6 Å². The van der Waals surface area contributed by atoms with E-state index in [0.717, 1.165) is 43.3 Å². The van der Waals surface area contributed by atoms with Crippen molar-refractivity contribution in [3.8, 4) is 0 Å². The van der Waals surface area contributed by atoms with Crippen LogP contribution in [0.4, 0.5) is 5.82 Å². The van der Waals surface area contributed by atoms with Crippen LogP contribution < -0.4 is 10.6 Å². The molecule has 1 atom stereocenters. The molecule has 0 spiro atoms. The maximum Gasteiger partial charge on any atom is 0.239 e. The molecule has 9 heteroatoms. The van der Waals surface area contributed by atoms with Crippen molar-refractivity contribution in [2.24, 2.45) is 11.7 Å². The predicted octanol–water partition coefficient (Wildman–Crippen LogP) is 2.15. The van der Waals surface area contributed by atoms with E-state index in [1.54, 1.807) is 0 Å². The molecule has 2 fully saturated rings. The van der Waals surface area contributed by atoms with E-state index in [2.05, 4.69) is 23.7 Å². The second-order valence-corrected chi connectivity index (χ2v) is 7.67. The summed E-state index contributed by atoms with van der Waals surface area (Å²) in [4.78, 5) is 26.1. The molecule has 1 amide bonds. The smallest absolute Gasteiger partial charge is 0.239 e. The fraction of sp³-hybridized carbons (Fsp3) is 0.737. The summed E-state index contributed by atoms with van der Waals surface area (Å²) in [6.45, 7) is 10.6. The Morgan fingerprint density at radius 1 is 1.14 bits per heavy atom. The second kappa shape index (κ2) is 11.1. The third-order valence-electron chi connectivity index (χ3n) is 5.35. The second-order valence-electron chi connectivity index (χ2n) is 7.67. The van der Waals surface area contributed by atoms with Crippen molar-refractivity contribution < 1.29 is 9.53 Å². The lowest BCUT2D eigenvalue weighted by molar-refractivity contribution is -0.135. The first-order chi connectivity index (χ1) is 12.5. The van der Waals surface area contributed by atoms with E-state index < -0.39 is 6.04 Å². The number of carbonyl (C=O) groups excluding carboxylic acids is 1. The van der Waals surface area contributed by atoms with E-state index in [4.69, 9.17) is 15.5 Å². The monoisotopic (exact) mass is 433 g/mol. The zero-order valence-corrected chi connectivity index (χ0v) is 18.6. The highest BCUT2D eigenvalue weighted by Gasteiger charge is 2.31. The Hall–Kier alpha value is -1.15. The molecular formula is C19H33Cl2N5O2. The SMILES string of the molecule is Cc1cc(N2CCN(C(=O)C(N)C3CCOCC3)CC2)nc(C(C)C)n1.Cl.Cl. The minimum atomic E-state index is -0.403. The zero-order valence-electron chi connectivity index (χ0n) is 17.0. The summed E-state index contributed by atoms with van der Waals surface area (Å²) in [5.74, 6) is 2.46. The van der Waals surface area contributed by atoms with Crippen molar-refractivity contribution in [1.29, 1.82) is 0 Å². The number of hydrogen-bond acceptors (Lipinski definition) is 6. The van der Waals surface area contributed by atoms with E-state index in [-0.39, 0.29) is 36.6 Å². The number of amides is 1. The molecule has 0 aliphatic carbocycles. The van der Waals surface area contributed by atoms with Gasteiger partial charge in [0.1, 0.15) is 11.6 Å². The molecular weight excluding hydrogens is 401 g/mol. The first-order valence-electron chi connectivity index (χ1n) is 9.68. The van der Waals surface area contributed by atoms with Gasteiger partial charge in [0.2, 0.25) is 5.91 Å². The highest BCUT2D eigenvalue weighted by molar-refractivity contribution is 5.85. The molecule has 1 unspecified atom stereocenters. The molecule has 160 valence electrons. The zero-order chi connectivity index (χ0) is 18.7. The Balaban J connectivity index is 0.00000196. The number of halogens is 2. The fourth-order valence-electron chi connectivity index (χ4n) is 3.64. The van der Waals surface area contributed by atoms with Crippen LogP contribution in [0.2, 0.25) is 0 Å². The lowest BCUT2D eigenvalue weighted by Gasteiger charge is -2.38. The maximum atomic E-state index is 12.8. The number of piperazine rings is 1. The van der Waals surface area contributed by atoms with Gasteiger partial charge in [-0.3, -0.25) is 4.79 Å². The van der Waals surface area contributed by atoms with E-state index in [9.17, 15) is 4.79 Å². The van der Waals surface area contributed by atoms with E-state index >= 15 is 0 Å². The van der Waals surface area contributed by atoms with Gasteiger partial charge in [0.15, 0.2) is 0 Å². The third-order valence-corrected chi connectivity index (χ3v) is 5.35. The highest BCUT2D eigenvalue weighted by atomic mass is 35.5. The van der Waals surface area contributed by atoms with Crippen LogP contribution in [0.5, 0.6) is 0 Å². The van der Waals surface area contributed by atoms with E-state index in [0.29, 0.717) is 32.2 Å². The van der Waals surface area contributed by atoms with Crippen LogP contribution in [-0.2, 0) is 9.53 Å². The Bertz CT molecular complexity index is 633. The number of nitrogens with two attached hydrogens (primary N) is 1. The van der Waals surface area contributed by atoms with Crippen LogP contribution in [0.1, 0.15) is 44.1 Å². The molecule has 1 aromatic rings. The fourth-order valence-corrected chi connectivity index (χ4v) is 3.64. The van der Waals surface area contributed by atoms with Gasteiger partial charge in [0.25, 0.3) is 0 Å². The normalized spacial score (nSPS) is 19.0. The molecule has 3 heterocycles. The van der Waals surface area contributed by atoms with Gasteiger partial charge in [-0.1, -0.05) is 13.8 Å². The molecule has 7 nitrogen and oxygen atoms in total. The Morgan fingerprint density at radius 2 is 1.75 bits per heavy atom. The number of aromatic nitrogens is 2. The summed E-state index contributed by atoms with van der Waals surface area (Å²) in [6.07, 6.45) is 1.76. The molecule has 0 radical (unpaired) electrons. The van der Waals surface area contributed by atoms with Crippen LogP contribution >= 0.6 is 24.8 Å². The average Bonchev–Trinajstić information content (AvgIpc) is 2.67. The van der Waals surface area contributed by atoms with Crippen LogP contribution in [0.3, 0.4) is 0 Å². The van der Waals surface area contributed by atoms with E-state index in [1.807, 2.05) is 17.9 Å². The lowest BCUT2D eigenvalue weighted by Crippen LogP contribution is -2.55. The van der Waals surface area contributed by atoms with Gasteiger partial charge in [-0.25, -0.2) is 9.97 Å². The first kappa shape index (κ1) is 24.9. The Kier molecular flexibility index (Phi) is 9.90. The third kappa shape index (κ3) is 5.92. The highest BCUT2D eigenvalue weighted by Crippen LogP contribution is 2.21. The Labute approximate surface area is 180 Å². The van der Waals surface area contributed by atoms with Crippen LogP contribution in [0.15, 0.2) is 6.07 Å². The van der Waals surface area contributed by atoms with Crippen LogP contribution in [0.25, 0.3) is 0 Å². The molecule has 0 bridgehead atoms. The number of rotatable bonds is 4. The minimum absolute atomic E-state index is 0. The molecule has 2 N–H and O–H groups in total. The van der Waals surface area contributed by atoms with Crippen molar-refractivity contribution in [2.45, 2.75) is 45.6 Å². The summed E-state index contributed by atoms with van der Waals surface area (Å²) in [6, 6.07) is 1.62. The first-order valence-corrected chi connectivity index (χ1v) is 9.68. The van der Waals surface area contributed by atoms with Crippen molar-refractivity contribution in [3.63, 3.8) is 0 Å². The molecule has 2 saturated heterocycles. The number of ether oxygens (including phenoxy) is 1. The summed E-state index contributed by atoms with van der Waals surface area (Å²) in [5.41, 5.74) is 7.25. The molecule has 0 saturated carbocycles. The number of nitrogens with zero attached hydrogens (tertiary/aromatic N) is 4. The molecule has 0 aromatic carbocycles. The number of carbonyl (C=O) groups is 1. The van der Waals surface area contributed by atoms with Gasteiger partial charge < -0.3 is 20.3 Å². The van der Waals surface area contributed by atoms with Gasteiger partial charge >= 0.3 is 0 Å². The van der Waals surface area contributed by atoms with Crippen molar-refractivity contribution >= 4 is 36.5 Å². The van der Waals surface area contributed by atoms with Crippen molar-refractivity contribution in [2.75, 3.05) is 44.3 Å². The van der Waals surface area contributed by atoms with Gasteiger partial charge in [-0.15, -0.1) is 24.8 Å². The maximum absolute atomic E-state index is 12.8. The van der Waals surface area contributed by atoms with Gasteiger partial charge in [-0.2, -0.15) is 0 Å². The lowest BCUT2D eigenvalue weighted by atomic mass is 9.91. The number of aryl methyl sites for hydroxylation is 1. The summed E-state index contributed by atoms with van der Waals surface area (Å²) < 4.78 is 5.37. The largest absolute Gasteiger partial charge is 0.381 e. The minimum Gasteiger partial charge on any atom is -0.381 e. The van der Waals surface area contributed by atoms with Crippen molar-refractivity contribution in [3.05, 3.63) is 17.6 Å². The molecule has 1 aromatic heterocycles. The van der Waals surface area contributed by atoms with Gasteiger partial charge in [0.05, 0.1) is 6.04 Å². The standard InChI is InChI=1S/C19H31N5O2.2ClH/c1-13(2)18-21-14(3)12-16(22-18)23-6-8-24(9-7-23)19(25)17(20)15-4-10-26-11-5-15;;/h12-13,15,17H,4-11,20H2,1-3H3;2*1H. The molecule has 28 heavy (non-hydrogen) atoms. The predicted molar refractivity (Wildman–Crippen MR) is 116 cm³/mol. The van der Waals surface area contributed by atoms with Crippen molar-refractivity contribution in [1.82, 2.24) is 14.9 Å². The summed E-state index contributed by atoms with van der Waals surface area (Å²) >= 11 is 0. The Morgan fingerprint density at radius 3 is 2.32 bits per heavy atom. The number of anilines is 1. The molecule has 3 rings (SSSR count). The van der Waals surface area contributed by atoms with Crippen LogP contribution in [-0.4, -0.2) is 66.2 Å². The quantitative estimate of drug-likeness (QED) is 0.782. The van der Waals surface area contributed by atoms with Crippen LogP contribution in [0, 0.1) is 12.8 Å². The molecule has 2 aliphatic rings. The summed E-state index contributed by atoms with van der Waals surface area (Å²) in [7, 11) is 0. The average molecular weight is 434 g/mol. The molecule has 2 aliphatic heterocycles. The van der Waals surface area contributed by atoms with Gasteiger partial charge in [0, 0.05) is 57.1 Å². The van der Waals surface area contributed by atoms with Gasteiger partial charge in [-0.05, 0) is 25.7 Å². The van der Waals surface area contributed by atoms with E-state index in [1.165, 1.54) is 0 Å².